The van der Waals surface area contributed by atoms with Crippen molar-refractivity contribution in [2.75, 3.05) is 18.8 Å². The molecular weight excluding hydrogens is 269 g/mol. The molecule has 0 aliphatic carbocycles. The summed E-state index contributed by atoms with van der Waals surface area (Å²) in [5.74, 6) is -0.454. The lowest BCUT2D eigenvalue weighted by molar-refractivity contribution is -0.137. The molecule has 0 aromatic heterocycles. The van der Waals surface area contributed by atoms with Crippen molar-refractivity contribution in [2.24, 2.45) is 0 Å². The smallest absolute Gasteiger partial charge is 0.398 e. The summed E-state index contributed by atoms with van der Waals surface area (Å²) in [6.07, 6.45) is -2.77. The number of carbonyl (C=O) groups is 1. The van der Waals surface area contributed by atoms with Crippen LogP contribution in [0.3, 0.4) is 0 Å². The molecule has 0 unspecified atom stereocenters. The van der Waals surface area contributed by atoms with Crippen LogP contribution in [0, 0.1) is 0 Å². The number of anilines is 1. The van der Waals surface area contributed by atoms with Crippen LogP contribution in [0.4, 0.5) is 18.9 Å². The van der Waals surface area contributed by atoms with Gasteiger partial charge in [0, 0.05) is 18.8 Å². The Hall–Kier alpha value is -1.72. The van der Waals surface area contributed by atoms with Crippen molar-refractivity contribution in [3.05, 3.63) is 29.3 Å². The van der Waals surface area contributed by atoms with Gasteiger partial charge in [-0.05, 0) is 31.5 Å². The number of benzene rings is 1. The van der Waals surface area contributed by atoms with Gasteiger partial charge in [-0.15, -0.1) is 0 Å². The van der Waals surface area contributed by atoms with E-state index in [1.54, 1.807) is 6.92 Å². The zero-order valence-corrected chi connectivity index (χ0v) is 11.6. The lowest BCUT2D eigenvalue weighted by atomic mass is 10.1. The first kappa shape index (κ1) is 16.3. The minimum absolute atomic E-state index is 0.0675. The van der Waals surface area contributed by atoms with Crippen LogP contribution in [-0.2, 0) is 6.18 Å². The molecule has 1 aromatic carbocycles. The predicted molar refractivity (Wildman–Crippen MR) is 72.3 cm³/mol. The molecule has 0 saturated carbocycles. The van der Waals surface area contributed by atoms with Gasteiger partial charge in [-0.25, -0.2) is 0 Å². The zero-order chi connectivity index (χ0) is 15.3. The van der Waals surface area contributed by atoms with Crippen molar-refractivity contribution in [1.29, 1.82) is 0 Å². The van der Waals surface area contributed by atoms with Gasteiger partial charge in [-0.1, -0.05) is 13.3 Å². The van der Waals surface area contributed by atoms with E-state index < -0.39 is 17.6 Å². The number of halogens is 3. The van der Waals surface area contributed by atoms with Crippen LogP contribution >= 0.6 is 0 Å². The second-order valence-electron chi connectivity index (χ2n) is 4.54. The molecule has 0 radical (unpaired) electrons. The highest BCUT2D eigenvalue weighted by Crippen LogP contribution is 2.31. The molecule has 20 heavy (non-hydrogen) atoms. The number of hydrogen-bond donors (Lipinski definition) is 1. The predicted octanol–water partition coefficient (Wildman–Crippen LogP) is 3.55. The number of unbranched alkanes of at least 4 members (excludes halogenated alkanes) is 1. The molecule has 1 amide bonds. The van der Waals surface area contributed by atoms with Gasteiger partial charge >= 0.3 is 6.18 Å². The molecular formula is C14H19F3N2O. The summed E-state index contributed by atoms with van der Waals surface area (Å²) in [6.45, 7) is 4.73. The van der Waals surface area contributed by atoms with E-state index in [2.05, 4.69) is 0 Å². The quantitative estimate of drug-likeness (QED) is 0.842. The van der Waals surface area contributed by atoms with Gasteiger partial charge in [0.15, 0.2) is 0 Å². The molecule has 0 heterocycles. The summed E-state index contributed by atoms with van der Waals surface area (Å²) >= 11 is 0. The van der Waals surface area contributed by atoms with Crippen LogP contribution in [0.25, 0.3) is 0 Å². The molecule has 0 atom stereocenters. The Morgan fingerprint density at radius 3 is 2.45 bits per heavy atom. The number of amides is 1. The minimum Gasteiger partial charge on any atom is -0.398 e. The summed E-state index contributed by atoms with van der Waals surface area (Å²) in [5, 5.41) is 0. The Morgan fingerprint density at radius 1 is 1.30 bits per heavy atom. The van der Waals surface area contributed by atoms with E-state index in [4.69, 9.17) is 5.73 Å². The molecule has 0 spiro atoms. The number of nitrogens with zero attached hydrogens (tertiary/aromatic N) is 1. The maximum Gasteiger partial charge on any atom is 0.416 e. The summed E-state index contributed by atoms with van der Waals surface area (Å²) in [7, 11) is 0. The Morgan fingerprint density at radius 2 is 1.95 bits per heavy atom. The first-order valence-electron chi connectivity index (χ1n) is 6.57. The van der Waals surface area contributed by atoms with Crippen LogP contribution in [0.5, 0.6) is 0 Å². The molecule has 112 valence electrons. The van der Waals surface area contributed by atoms with Gasteiger partial charge < -0.3 is 10.6 Å². The maximum absolute atomic E-state index is 12.7. The second kappa shape index (κ2) is 6.63. The third kappa shape index (κ3) is 3.88. The highest BCUT2D eigenvalue weighted by Gasteiger charge is 2.32. The first-order chi connectivity index (χ1) is 9.31. The molecule has 1 aromatic rings. The number of alkyl halides is 3. The van der Waals surface area contributed by atoms with Crippen molar-refractivity contribution in [3.8, 4) is 0 Å². The van der Waals surface area contributed by atoms with E-state index in [-0.39, 0.29) is 11.3 Å². The van der Waals surface area contributed by atoms with Crippen LogP contribution in [0.15, 0.2) is 18.2 Å². The van der Waals surface area contributed by atoms with Crippen LogP contribution < -0.4 is 5.73 Å². The molecule has 3 nitrogen and oxygen atoms in total. The molecule has 0 aliphatic rings. The summed E-state index contributed by atoms with van der Waals surface area (Å²) in [4.78, 5) is 13.8. The molecule has 0 aliphatic heterocycles. The minimum atomic E-state index is -4.48. The maximum atomic E-state index is 12.7. The number of hydrogen-bond acceptors (Lipinski definition) is 2. The zero-order valence-electron chi connectivity index (χ0n) is 11.6. The van der Waals surface area contributed by atoms with Crippen LogP contribution in [0.2, 0.25) is 0 Å². The lowest BCUT2D eigenvalue weighted by Gasteiger charge is -2.22. The number of rotatable bonds is 5. The molecule has 0 saturated heterocycles. The van der Waals surface area contributed by atoms with E-state index in [9.17, 15) is 18.0 Å². The first-order valence-corrected chi connectivity index (χ1v) is 6.57. The van der Waals surface area contributed by atoms with Crippen molar-refractivity contribution in [1.82, 2.24) is 4.90 Å². The van der Waals surface area contributed by atoms with Crippen molar-refractivity contribution < 1.29 is 18.0 Å². The fraction of sp³-hybridized carbons (Fsp3) is 0.500. The third-order valence-electron chi connectivity index (χ3n) is 3.06. The van der Waals surface area contributed by atoms with E-state index >= 15 is 0 Å². The molecule has 1 rings (SSSR count). The normalized spacial score (nSPS) is 11.4. The van der Waals surface area contributed by atoms with Gasteiger partial charge in [0.2, 0.25) is 0 Å². The van der Waals surface area contributed by atoms with Gasteiger partial charge in [0.25, 0.3) is 5.91 Å². The van der Waals surface area contributed by atoms with Crippen molar-refractivity contribution >= 4 is 11.6 Å². The second-order valence-corrected chi connectivity index (χ2v) is 4.54. The Labute approximate surface area is 116 Å². The lowest BCUT2D eigenvalue weighted by Crippen LogP contribution is -2.32. The number of nitrogen functional groups attached to an aromatic ring is 1. The van der Waals surface area contributed by atoms with Gasteiger partial charge in [0.1, 0.15) is 0 Å². The Bertz CT molecular complexity index is 472. The summed E-state index contributed by atoms with van der Waals surface area (Å²) in [5.41, 5.74) is 4.76. The molecule has 2 N–H and O–H groups in total. The summed E-state index contributed by atoms with van der Waals surface area (Å²) in [6, 6.07) is 2.84. The largest absolute Gasteiger partial charge is 0.416 e. The van der Waals surface area contributed by atoms with Crippen LogP contribution in [0.1, 0.15) is 42.6 Å². The SMILES string of the molecule is CCCCN(CC)C(=O)c1cc(C(F)(F)F)ccc1N. The molecule has 0 bridgehead atoms. The van der Waals surface area contributed by atoms with E-state index in [1.165, 1.54) is 4.90 Å². The van der Waals surface area contributed by atoms with Gasteiger partial charge in [0.05, 0.1) is 11.1 Å². The van der Waals surface area contributed by atoms with Crippen molar-refractivity contribution in [3.63, 3.8) is 0 Å². The van der Waals surface area contributed by atoms with Crippen molar-refractivity contribution in [2.45, 2.75) is 32.9 Å². The monoisotopic (exact) mass is 288 g/mol. The van der Waals surface area contributed by atoms with Gasteiger partial charge in [-0.3, -0.25) is 4.79 Å². The average molecular weight is 288 g/mol. The van der Waals surface area contributed by atoms with E-state index in [0.717, 1.165) is 31.0 Å². The number of nitrogens with two attached hydrogens (primary N) is 1. The standard InChI is InChI=1S/C14H19F3N2O/c1-3-5-8-19(4-2)13(20)11-9-10(14(15,16)17)6-7-12(11)18/h6-7,9H,3-5,8,18H2,1-2H3. The third-order valence-corrected chi connectivity index (χ3v) is 3.06. The Balaban J connectivity index is 3.07. The topological polar surface area (TPSA) is 46.3 Å². The highest BCUT2D eigenvalue weighted by atomic mass is 19.4. The molecule has 0 fully saturated rings. The highest BCUT2D eigenvalue weighted by molar-refractivity contribution is 5.99. The molecule has 6 heteroatoms. The fourth-order valence-electron chi connectivity index (χ4n) is 1.84. The summed E-state index contributed by atoms with van der Waals surface area (Å²) < 4.78 is 38.0. The number of carbonyl (C=O) groups excluding carboxylic acids is 1. The Kier molecular flexibility index (Phi) is 5.42. The van der Waals surface area contributed by atoms with Gasteiger partial charge in [-0.2, -0.15) is 13.2 Å². The van der Waals surface area contributed by atoms with Crippen LogP contribution in [-0.4, -0.2) is 23.9 Å². The fourth-order valence-corrected chi connectivity index (χ4v) is 1.84. The average Bonchev–Trinajstić information content (AvgIpc) is 2.38. The van der Waals surface area contributed by atoms with E-state index in [1.807, 2.05) is 6.92 Å². The van der Waals surface area contributed by atoms with E-state index in [0.29, 0.717) is 13.1 Å².